The van der Waals surface area contributed by atoms with Gasteiger partial charge in [0.05, 0.1) is 0 Å². The second-order valence-electron chi connectivity index (χ2n) is 32.3. The van der Waals surface area contributed by atoms with Crippen LogP contribution in [-0.4, -0.2) is 32.3 Å². The molecular weight excluding hydrogens is 1260 g/mol. The van der Waals surface area contributed by atoms with Crippen molar-refractivity contribution in [1.82, 2.24) is 0 Å². The molecule has 0 aliphatic rings. The van der Waals surface area contributed by atoms with Gasteiger partial charge in [0.1, 0.15) is 32.3 Å². The van der Waals surface area contributed by atoms with Gasteiger partial charge < -0.3 is 0 Å². The van der Waals surface area contributed by atoms with E-state index in [1.165, 1.54) is 106 Å². The van der Waals surface area contributed by atoms with Crippen LogP contribution >= 0.6 is 22.7 Å². The maximum Gasteiger partial charge on any atom is 0.146 e. The van der Waals surface area contributed by atoms with E-state index in [-0.39, 0.29) is 0 Å². The molecule has 11 aromatic rings. The van der Waals surface area contributed by atoms with Crippen LogP contribution in [-0.2, 0) is 0 Å². The summed E-state index contributed by atoms with van der Waals surface area (Å²) < 4.78 is 2.55. The van der Waals surface area contributed by atoms with E-state index in [4.69, 9.17) is 0 Å². The fourth-order valence-corrected chi connectivity index (χ4v) is 41.9. The normalized spacial score (nSPS) is 13.0. The summed E-state index contributed by atoms with van der Waals surface area (Å²) in [5.41, 5.74) is 30.2. The highest BCUT2D eigenvalue weighted by Crippen LogP contribution is 2.49. The number of hydrogen-bond acceptors (Lipinski definition) is 2. The molecule has 494 valence electrons. The number of thiophene rings is 2. The lowest BCUT2D eigenvalue weighted by molar-refractivity contribution is 0.838. The Morgan fingerprint density at radius 2 is 0.438 bits per heavy atom. The van der Waals surface area contributed by atoms with E-state index in [9.17, 15) is 0 Å². The zero-order valence-corrected chi connectivity index (χ0v) is 68.1. The molecule has 9 aromatic carbocycles. The third kappa shape index (κ3) is 12.0. The Morgan fingerprint density at radius 3 is 0.656 bits per heavy atom. The van der Waals surface area contributed by atoms with Crippen LogP contribution in [0.1, 0.15) is 188 Å². The molecule has 96 heavy (non-hydrogen) atoms. The highest BCUT2D eigenvalue weighted by atomic mass is 32.1. The van der Waals surface area contributed by atoms with E-state index >= 15 is 0 Å². The second kappa shape index (κ2) is 27.4. The molecule has 0 amide bonds. The zero-order chi connectivity index (χ0) is 69.4. The molecule has 2 heterocycles. The number of benzene rings is 9. The lowest BCUT2D eigenvalue weighted by atomic mass is 9.90. The molecule has 11 rings (SSSR count). The van der Waals surface area contributed by atoms with Crippen LogP contribution in [0.4, 0.5) is 0 Å². The molecule has 0 saturated heterocycles. The largest absolute Gasteiger partial charge is 0.146 e. The Labute approximate surface area is 590 Å². The second-order valence-corrected chi connectivity index (χ2v) is 56.7. The van der Waals surface area contributed by atoms with Gasteiger partial charge >= 0.3 is 0 Å². The monoisotopic (exact) mass is 1360 g/mol. The van der Waals surface area contributed by atoms with E-state index < -0.39 is 32.3 Å². The van der Waals surface area contributed by atoms with Crippen molar-refractivity contribution >= 4 is 140 Å². The first-order valence-corrected chi connectivity index (χ1v) is 46.9. The SMILES string of the molecule is CC(C)[Si](C#Cc1c2cc3ccccc3cc2c(C#C[Si](C(C)C)(C(C)C)C(C)C)c2cc3sc(-c4cccc(-c5cc6cc7c(C#C[Si](C(C)C)(C(C)C)C(C)C)c8cc9ccccc9cc8c(C#C[Si](C(C)C)(C(C)C)C(C)C)c7cc6s5)c4)cc3cc12)(C(C)C)C(C)C. The Bertz CT molecular complexity index is 4400. The van der Waals surface area contributed by atoms with Gasteiger partial charge in [0.2, 0.25) is 0 Å². The van der Waals surface area contributed by atoms with E-state index in [1.807, 2.05) is 22.7 Å². The van der Waals surface area contributed by atoms with Crippen LogP contribution in [0.5, 0.6) is 0 Å². The maximum atomic E-state index is 4.24. The van der Waals surface area contributed by atoms with Crippen LogP contribution in [0.2, 0.25) is 66.5 Å². The molecule has 0 atom stereocenters. The van der Waals surface area contributed by atoms with Crippen LogP contribution in [0.25, 0.3) is 106 Å². The van der Waals surface area contributed by atoms with Crippen molar-refractivity contribution in [2.45, 2.75) is 233 Å². The number of hydrogen-bond donors (Lipinski definition) is 0. The molecule has 0 aliphatic heterocycles. The van der Waals surface area contributed by atoms with Gasteiger partial charge in [-0.15, -0.1) is 44.8 Å². The first-order chi connectivity index (χ1) is 45.4. The van der Waals surface area contributed by atoms with E-state index in [1.54, 1.807) is 0 Å². The molecule has 6 heteroatoms. The third-order valence-electron chi connectivity index (χ3n) is 23.8. The number of fused-ring (bicyclic) bond motifs is 8. The fourth-order valence-electron chi connectivity index (χ4n) is 19.0. The predicted octanol–water partition coefficient (Wildman–Crippen LogP) is 28.6. The molecule has 0 spiro atoms. The van der Waals surface area contributed by atoms with Gasteiger partial charge in [-0.3, -0.25) is 0 Å². The Kier molecular flexibility index (Phi) is 20.2. The molecule has 0 bridgehead atoms. The first kappa shape index (κ1) is 70.9. The molecule has 0 fully saturated rings. The van der Waals surface area contributed by atoms with Crippen LogP contribution < -0.4 is 0 Å². The van der Waals surface area contributed by atoms with Gasteiger partial charge in [-0.25, -0.2) is 0 Å². The van der Waals surface area contributed by atoms with Crippen molar-refractivity contribution in [1.29, 1.82) is 0 Å². The summed E-state index contributed by atoms with van der Waals surface area (Å²) in [7, 11) is -8.54. The molecule has 0 N–H and O–H groups in total. The van der Waals surface area contributed by atoms with Crippen LogP contribution in [0.3, 0.4) is 0 Å². The topological polar surface area (TPSA) is 0 Å². The lowest BCUT2D eigenvalue weighted by Crippen LogP contribution is -2.43. The molecule has 0 radical (unpaired) electrons. The van der Waals surface area contributed by atoms with Crippen LogP contribution in [0, 0.1) is 45.9 Å². The summed E-state index contributed by atoms with van der Waals surface area (Å²) in [6.45, 7) is 58.4. The van der Waals surface area contributed by atoms with Gasteiger partial charge in [-0.05, 0) is 209 Å². The van der Waals surface area contributed by atoms with Crippen LogP contribution in [0.15, 0.2) is 133 Å². The van der Waals surface area contributed by atoms with E-state index in [0.29, 0.717) is 66.5 Å². The fraction of sp³-hybridized carbons (Fsp3) is 0.400. The quantitative estimate of drug-likeness (QED) is 0.0578. The van der Waals surface area contributed by atoms with Gasteiger partial charge in [-0.1, -0.05) is 257 Å². The van der Waals surface area contributed by atoms with Crippen molar-refractivity contribution in [3.05, 3.63) is 156 Å². The van der Waals surface area contributed by atoms with E-state index in [0.717, 1.165) is 22.3 Å². The highest BCUT2D eigenvalue weighted by Gasteiger charge is 2.45. The summed E-state index contributed by atoms with van der Waals surface area (Å²) in [6, 6.07) is 51.8. The van der Waals surface area contributed by atoms with Crippen molar-refractivity contribution in [3.63, 3.8) is 0 Å². The zero-order valence-electron chi connectivity index (χ0n) is 62.4. The van der Waals surface area contributed by atoms with Gasteiger partial charge in [-0.2, -0.15) is 0 Å². The summed E-state index contributed by atoms with van der Waals surface area (Å²) in [4.78, 5) is 2.53. The minimum atomic E-state index is -2.14. The number of rotatable bonds is 14. The summed E-state index contributed by atoms with van der Waals surface area (Å²) in [5.74, 6) is 16.5. The van der Waals surface area contributed by atoms with Crippen molar-refractivity contribution in [2.24, 2.45) is 0 Å². The average molecular weight is 1360 g/mol. The van der Waals surface area contributed by atoms with Crippen molar-refractivity contribution in [2.75, 3.05) is 0 Å². The lowest BCUT2D eigenvalue weighted by Gasteiger charge is -2.38. The third-order valence-corrected chi connectivity index (χ3v) is 51.2. The van der Waals surface area contributed by atoms with E-state index in [2.05, 4.69) is 345 Å². The highest BCUT2D eigenvalue weighted by molar-refractivity contribution is 7.23. The minimum absolute atomic E-state index is 0.512. The Hall–Kier alpha value is -6.43. The summed E-state index contributed by atoms with van der Waals surface area (Å²) in [6.07, 6.45) is 0. The predicted molar refractivity (Wildman–Crippen MR) is 445 cm³/mol. The molecular formula is C90H106S2Si4. The smallest absolute Gasteiger partial charge is 0.135 e. The maximum absolute atomic E-state index is 4.24. The standard InChI is InChI=1S/C90H106S2Si4/c1-55(2)93(56(3)4,57(5)6)40-36-75-79-45-67-30-25-27-32-69(67)47-81(79)77(38-42-95(61(13)14,62(15)16)63(17)18)85-53-89-73(49-83(75)85)51-87(91-89)71-34-29-35-72(44-71)88-52-74-50-84-76(37-41-94(58(7)8,59(9)10)60(11)12)80-46-68-31-26-28-33-70(68)48-82(80)78(86(84)54-90(74)92-88)39-43-96(64(19)20,65(21)22)66(23)24/h25-35,44-66H,1-24H3. The van der Waals surface area contributed by atoms with Crippen molar-refractivity contribution in [3.8, 4) is 66.7 Å². The average Bonchev–Trinajstić information content (AvgIpc) is 1.19. The molecule has 0 saturated carbocycles. The first-order valence-electron chi connectivity index (χ1n) is 36.4. The molecule has 0 aliphatic carbocycles. The molecule has 2 aromatic heterocycles. The Morgan fingerprint density at radius 1 is 0.229 bits per heavy atom. The van der Waals surface area contributed by atoms with Gasteiger partial charge in [0, 0.05) is 52.2 Å². The van der Waals surface area contributed by atoms with Gasteiger partial charge in [0.15, 0.2) is 0 Å². The molecule has 0 unspecified atom stereocenters. The van der Waals surface area contributed by atoms with Crippen molar-refractivity contribution < 1.29 is 0 Å². The minimum Gasteiger partial charge on any atom is -0.135 e. The Balaban J connectivity index is 1.15. The summed E-state index contributed by atoms with van der Waals surface area (Å²) in [5, 5.41) is 17.2. The molecule has 0 nitrogen and oxygen atoms in total. The summed E-state index contributed by atoms with van der Waals surface area (Å²) >= 11 is 3.82. The van der Waals surface area contributed by atoms with Gasteiger partial charge in [0.25, 0.3) is 0 Å².